The fourth-order valence-electron chi connectivity index (χ4n) is 2.54. The summed E-state index contributed by atoms with van der Waals surface area (Å²) < 4.78 is 0. The van der Waals surface area contributed by atoms with Crippen molar-refractivity contribution in [1.29, 1.82) is 0 Å². The minimum absolute atomic E-state index is 0.270. The highest BCUT2D eigenvalue weighted by atomic mass is 32.1. The normalized spacial score (nSPS) is 10.6. The predicted molar refractivity (Wildman–Crippen MR) is 100 cm³/mol. The third kappa shape index (κ3) is 3.38. The first-order valence-corrected chi connectivity index (χ1v) is 8.93. The van der Waals surface area contributed by atoms with Crippen molar-refractivity contribution in [1.82, 2.24) is 25.3 Å². The van der Waals surface area contributed by atoms with E-state index in [9.17, 15) is 4.79 Å². The number of hydrogen-bond acceptors (Lipinski definition) is 5. The van der Waals surface area contributed by atoms with Crippen LogP contribution in [0.4, 0.5) is 0 Å². The number of carbonyl (C=O) groups is 1. The van der Waals surface area contributed by atoms with E-state index >= 15 is 0 Å². The second-order valence-corrected chi connectivity index (χ2v) is 6.47. The minimum Gasteiger partial charge on any atom is -0.346 e. The van der Waals surface area contributed by atoms with Gasteiger partial charge in [0.1, 0.15) is 0 Å². The topological polar surface area (TPSA) is 72.7 Å². The van der Waals surface area contributed by atoms with Crippen LogP contribution in [0.25, 0.3) is 16.3 Å². The number of rotatable bonds is 5. The Labute approximate surface area is 154 Å². The molecule has 0 saturated heterocycles. The highest BCUT2D eigenvalue weighted by molar-refractivity contribution is 7.13. The first kappa shape index (κ1) is 16.2. The van der Waals surface area contributed by atoms with Crippen molar-refractivity contribution in [2.45, 2.75) is 6.54 Å². The van der Waals surface area contributed by atoms with Crippen molar-refractivity contribution in [3.63, 3.8) is 0 Å². The Balaban J connectivity index is 1.48. The van der Waals surface area contributed by atoms with Crippen LogP contribution in [0.15, 0.2) is 72.4 Å². The molecule has 0 saturated carbocycles. The third-order valence-corrected chi connectivity index (χ3v) is 4.67. The Hall–Kier alpha value is -3.32. The van der Waals surface area contributed by atoms with E-state index in [2.05, 4.69) is 20.5 Å². The molecule has 26 heavy (non-hydrogen) atoms. The number of thiophene rings is 1. The summed E-state index contributed by atoms with van der Waals surface area (Å²) in [5.41, 5.74) is 2.92. The molecule has 0 unspecified atom stereocenters. The molecule has 0 bridgehead atoms. The lowest BCUT2D eigenvalue weighted by molar-refractivity contribution is 0.0945. The molecule has 0 spiro atoms. The number of nitrogens with zero attached hydrogens (tertiary/aromatic N) is 4. The SMILES string of the molecule is O=C(NCc1cccnc1-c1cccs1)c1cnn(-c2ccccc2)n1. The van der Waals surface area contributed by atoms with Crippen LogP contribution in [0.1, 0.15) is 16.1 Å². The summed E-state index contributed by atoms with van der Waals surface area (Å²) in [5, 5.41) is 13.3. The number of amides is 1. The van der Waals surface area contributed by atoms with E-state index in [1.165, 1.54) is 11.0 Å². The fourth-order valence-corrected chi connectivity index (χ4v) is 3.29. The molecule has 1 aromatic carbocycles. The maximum atomic E-state index is 12.4. The van der Waals surface area contributed by atoms with Gasteiger partial charge in [-0.15, -0.1) is 16.4 Å². The molecule has 7 heteroatoms. The zero-order chi connectivity index (χ0) is 17.8. The Morgan fingerprint density at radius 2 is 1.96 bits per heavy atom. The van der Waals surface area contributed by atoms with Gasteiger partial charge in [0.15, 0.2) is 5.69 Å². The first-order valence-electron chi connectivity index (χ1n) is 8.05. The molecular formula is C19H15N5OS. The number of nitrogens with one attached hydrogen (secondary N) is 1. The average molecular weight is 361 g/mol. The Kier molecular flexibility index (Phi) is 4.53. The van der Waals surface area contributed by atoms with Crippen LogP contribution in [0.3, 0.4) is 0 Å². The maximum Gasteiger partial charge on any atom is 0.273 e. The van der Waals surface area contributed by atoms with Crippen molar-refractivity contribution < 1.29 is 4.79 Å². The molecule has 0 aliphatic heterocycles. The van der Waals surface area contributed by atoms with Gasteiger partial charge in [0.05, 0.1) is 22.5 Å². The first-order chi connectivity index (χ1) is 12.8. The molecule has 128 valence electrons. The zero-order valence-electron chi connectivity index (χ0n) is 13.7. The van der Waals surface area contributed by atoms with Gasteiger partial charge >= 0.3 is 0 Å². The lowest BCUT2D eigenvalue weighted by Crippen LogP contribution is -2.23. The number of pyridine rings is 1. The van der Waals surface area contributed by atoms with Gasteiger partial charge in [-0.1, -0.05) is 30.3 Å². The van der Waals surface area contributed by atoms with E-state index in [0.29, 0.717) is 6.54 Å². The number of benzene rings is 1. The average Bonchev–Trinajstić information content (AvgIpc) is 3.39. The second kappa shape index (κ2) is 7.28. The molecule has 0 fully saturated rings. The van der Waals surface area contributed by atoms with Crippen LogP contribution in [-0.4, -0.2) is 25.9 Å². The molecule has 1 amide bonds. The van der Waals surface area contributed by atoms with Gasteiger partial charge < -0.3 is 5.32 Å². The van der Waals surface area contributed by atoms with Gasteiger partial charge in [-0.25, -0.2) is 0 Å². The van der Waals surface area contributed by atoms with Crippen LogP contribution >= 0.6 is 11.3 Å². The van der Waals surface area contributed by atoms with Crippen molar-refractivity contribution >= 4 is 17.2 Å². The van der Waals surface area contributed by atoms with Gasteiger partial charge in [0.25, 0.3) is 5.91 Å². The van der Waals surface area contributed by atoms with Gasteiger partial charge in [0, 0.05) is 12.7 Å². The van der Waals surface area contributed by atoms with Gasteiger partial charge in [0.2, 0.25) is 0 Å². The summed E-state index contributed by atoms with van der Waals surface area (Å²) in [6, 6.07) is 17.3. The summed E-state index contributed by atoms with van der Waals surface area (Å²) in [5.74, 6) is -0.270. The van der Waals surface area contributed by atoms with Crippen LogP contribution in [0, 0.1) is 0 Å². The third-order valence-electron chi connectivity index (χ3n) is 3.80. The number of carbonyl (C=O) groups excluding carboxylic acids is 1. The molecule has 4 aromatic rings. The molecule has 0 radical (unpaired) electrons. The maximum absolute atomic E-state index is 12.4. The van der Waals surface area contributed by atoms with E-state index in [0.717, 1.165) is 21.8 Å². The van der Waals surface area contributed by atoms with E-state index < -0.39 is 0 Å². The predicted octanol–water partition coefficient (Wildman–Crippen LogP) is 3.32. The number of para-hydroxylation sites is 1. The molecule has 0 atom stereocenters. The molecular weight excluding hydrogens is 346 g/mol. The summed E-state index contributed by atoms with van der Waals surface area (Å²) in [7, 11) is 0. The lowest BCUT2D eigenvalue weighted by atomic mass is 10.1. The Morgan fingerprint density at radius 3 is 2.77 bits per heavy atom. The lowest BCUT2D eigenvalue weighted by Gasteiger charge is -2.07. The molecule has 6 nitrogen and oxygen atoms in total. The molecule has 1 N–H and O–H groups in total. The summed E-state index contributed by atoms with van der Waals surface area (Å²) in [6.07, 6.45) is 3.22. The number of hydrogen-bond donors (Lipinski definition) is 1. The number of aromatic nitrogens is 4. The summed E-state index contributed by atoms with van der Waals surface area (Å²) in [4.78, 5) is 19.4. The minimum atomic E-state index is -0.270. The Morgan fingerprint density at radius 1 is 1.08 bits per heavy atom. The molecule has 0 aliphatic rings. The van der Waals surface area contributed by atoms with Crippen molar-refractivity contribution in [2.24, 2.45) is 0 Å². The van der Waals surface area contributed by atoms with Gasteiger partial charge in [-0.3, -0.25) is 9.78 Å². The van der Waals surface area contributed by atoms with Crippen LogP contribution in [-0.2, 0) is 6.54 Å². The van der Waals surface area contributed by atoms with Crippen molar-refractivity contribution in [3.8, 4) is 16.3 Å². The molecule has 3 heterocycles. The quantitative estimate of drug-likeness (QED) is 0.592. The van der Waals surface area contributed by atoms with E-state index in [1.54, 1.807) is 17.5 Å². The van der Waals surface area contributed by atoms with E-state index in [4.69, 9.17) is 0 Å². The van der Waals surface area contributed by atoms with Crippen LogP contribution in [0.2, 0.25) is 0 Å². The van der Waals surface area contributed by atoms with E-state index in [1.807, 2.05) is 60.0 Å². The second-order valence-electron chi connectivity index (χ2n) is 5.53. The van der Waals surface area contributed by atoms with Gasteiger partial charge in [-0.05, 0) is 35.2 Å². The zero-order valence-corrected chi connectivity index (χ0v) is 14.6. The monoisotopic (exact) mass is 361 g/mol. The van der Waals surface area contributed by atoms with Crippen molar-refractivity contribution in [2.75, 3.05) is 0 Å². The largest absolute Gasteiger partial charge is 0.346 e. The summed E-state index contributed by atoms with van der Waals surface area (Å²) >= 11 is 1.62. The molecule has 3 aromatic heterocycles. The highest BCUT2D eigenvalue weighted by Crippen LogP contribution is 2.25. The molecule has 0 aliphatic carbocycles. The van der Waals surface area contributed by atoms with Gasteiger partial charge in [-0.2, -0.15) is 9.90 Å². The smallest absolute Gasteiger partial charge is 0.273 e. The van der Waals surface area contributed by atoms with Crippen LogP contribution < -0.4 is 5.32 Å². The standard InChI is InChI=1S/C19H15N5OS/c25-19(16-13-22-24(23-16)15-7-2-1-3-8-15)21-12-14-6-4-10-20-18(14)17-9-5-11-26-17/h1-11,13H,12H2,(H,21,25). The molecule has 4 rings (SSSR count). The summed E-state index contributed by atoms with van der Waals surface area (Å²) in [6.45, 7) is 0.373. The fraction of sp³-hybridized carbons (Fsp3) is 0.0526. The van der Waals surface area contributed by atoms with Crippen molar-refractivity contribution in [3.05, 3.63) is 83.6 Å². The van der Waals surface area contributed by atoms with Crippen LogP contribution in [0.5, 0.6) is 0 Å². The Bertz CT molecular complexity index is 1010. The highest BCUT2D eigenvalue weighted by Gasteiger charge is 2.13. The van der Waals surface area contributed by atoms with E-state index in [-0.39, 0.29) is 11.6 Å².